The van der Waals surface area contributed by atoms with Gasteiger partial charge in [0.1, 0.15) is 0 Å². The van der Waals surface area contributed by atoms with Crippen LogP contribution >= 0.6 is 11.6 Å². The Labute approximate surface area is 85.9 Å². The minimum Gasteiger partial charge on any atom is -0.0843 e. The summed E-state index contributed by atoms with van der Waals surface area (Å²) in [5, 5.41) is 0.851. The van der Waals surface area contributed by atoms with Gasteiger partial charge in [-0.25, -0.2) is 0 Å². The fourth-order valence-corrected chi connectivity index (χ4v) is 1.91. The van der Waals surface area contributed by atoms with Crippen LogP contribution in [0.4, 0.5) is 0 Å². The molecule has 0 saturated heterocycles. The molecule has 1 rings (SSSR count). The maximum Gasteiger partial charge on any atom is 0.0409 e. The summed E-state index contributed by atoms with van der Waals surface area (Å²) in [4.78, 5) is 0. The van der Waals surface area contributed by atoms with Gasteiger partial charge in [-0.1, -0.05) is 37.9 Å². The summed E-state index contributed by atoms with van der Waals surface area (Å²) in [5.74, 6) is 0.628. The van der Waals surface area contributed by atoms with Crippen LogP contribution in [0.5, 0.6) is 0 Å². The highest BCUT2D eigenvalue weighted by Crippen LogP contribution is 2.26. The summed E-state index contributed by atoms with van der Waals surface area (Å²) in [5.41, 5.74) is 2.75. The van der Waals surface area contributed by atoms with E-state index in [9.17, 15) is 0 Å². The third-order valence-electron chi connectivity index (χ3n) is 2.49. The van der Waals surface area contributed by atoms with E-state index in [0.29, 0.717) is 5.92 Å². The molecule has 0 amide bonds. The quantitative estimate of drug-likeness (QED) is 0.665. The fraction of sp³-hybridized carbons (Fsp3) is 0.500. The summed E-state index contributed by atoms with van der Waals surface area (Å²) in [6, 6.07) is 6.15. The summed E-state index contributed by atoms with van der Waals surface area (Å²) < 4.78 is 0. The lowest BCUT2D eigenvalue weighted by molar-refractivity contribution is 0.661. The standard InChI is InChI=1S/C12H17Cl/c1-4-5-9(2)12-8-11(13)7-6-10(12)3/h6-9H,4-5H2,1-3H3. The first-order valence-corrected chi connectivity index (χ1v) is 5.29. The molecule has 1 aromatic carbocycles. The summed E-state index contributed by atoms with van der Waals surface area (Å²) >= 11 is 5.96. The van der Waals surface area contributed by atoms with Crippen molar-refractivity contribution in [1.29, 1.82) is 0 Å². The molecule has 0 radical (unpaired) electrons. The zero-order valence-corrected chi connectivity index (χ0v) is 9.36. The van der Waals surface area contributed by atoms with E-state index in [4.69, 9.17) is 11.6 Å². The monoisotopic (exact) mass is 196 g/mol. The maximum atomic E-state index is 5.96. The van der Waals surface area contributed by atoms with Crippen molar-refractivity contribution in [3.63, 3.8) is 0 Å². The van der Waals surface area contributed by atoms with Crippen LogP contribution in [-0.2, 0) is 0 Å². The van der Waals surface area contributed by atoms with Gasteiger partial charge in [-0.05, 0) is 42.5 Å². The van der Waals surface area contributed by atoms with Crippen LogP contribution < -0.4 is 0 Å². The molecule has 0 saturated carbocycles. The van der Waals surface area contributed by atoms with Gasteiger partial charge < -0.3 is 0 Å². The molecule has 0 aromatic heterocycles. The number of hydrogen-bond donors (Lipinski definition) is 0. The first-order chi connectivity index (χ1) is 6.15. The van der Waals surface area contributed by atoms with Gasteiger partial charge in [-0.15, -0.1) is 0 Å². The second-order valence-corrected chi connectivity index (χ2v) is 4.13. The van der Waals surface area contributed by atoms with Crippen LogP contribution in [0.25, 0.3) is 0 Å². The largest absolute Gasteiger partial charge is 0.0843 e. The number of halogens is 1. The SMILES string of the molecule is CCCC(C)c1cc(Cl)ccc1C. The Morgan fingerprint density at radius 1 is 1.38 bits per heavy atom. The summed E-state index contributed by atoms with van der Waals surface area (Å²) in [7, 11) is 0. The minimum atomic E-state index is 0.628. The maximum absolute atomic E-state index is 5.96. The summed E-state index contributed by atoms with van der Waals surface area (Å²) in [6.45, 7) is 6.64. The molecule has 1 heteroatoms. The van der Waals surface area contributed by atoms with Crippen LogP contribution in [0.2, 0.25) is 5.02 Å². The number of benzene rings is 1. The predicted octanol–water partition coefficient (Wildman–Crippen LogP) is 4.55. The normalized spacial score (nSPS) is 12.9. The van der Waals surface area contributed by atoms with Crippen LogP contribution in [0, 0.1) is 6.92 Å². The highest BCUT2D eigenvalue weighted by Gasteiger charge is 2.07. The lowest BCUT2D eigenvalue weighted by Gasteiger charge is -2.13. The van der Waals surface area contributed by atoms with E-state index in [-0.39, 0.29) is 0 Å². The average molecular weight is 197 g/mol. The predicted molar refractivity (Wildman–Crippen MR) is 59.5 cm³/mol. The van der Waals surface area contributed by atoms with Crippen LogP contribution in [-0.4, -0.2) is 0 Å². The van der Waals surface area contributed by atoms with Crippen molar-refractivity contribution in [2.45, 2.75) is 39.5 Å². The molecular weight excluding hydrogens is 180 g/mol. The van der Waals surface area contributed by atoms with Crippen molar-refractivity contribution in [3.05, 3.63) is 34.3 Å². The molecule has 0 nitrogen and oxygen atoms in total. The van der Waals surface area contributed by atoms with Gasteiger partial charge in [0.25, 0.3) is 0 Å². The number of aryl methyl sites for hydroxylation is 1. The molecule has 1 aromatic rings. The molecule has 0 aliphatic carbocycles. The molecular formula is C12H17Cl. The summed E-state index contributed by atoms with van der Waals surface area (Å²) in [6.07, 6.45) is 2.47. The Hall–Kier alpha value is -0.490. The second-order valence-electron chi connectivity index (χ2n) is 3.69. The van der Waals surface area contributed by atoms with Crippen molar-refractivity contribution in [1.82, 2.24) is 0 Å². The van der Waals surface area contributed by atoms with E-state index in [1.807, 2.05) is 6.07 Å². The smallest absolute Gasteiger partial charge is 0.0409 e. The molecule has 0 spiro atoms. The van der Waals surface area contributed by atoms with Gasteiger partial charge in [0.2, 0.25) is 0 Å². The average Bonchev–Trinajstić information content (AvgIpc) is 2.09. The molecule has 0 aliphatic rings. The van der Waals surface area contributed by atoms with Gasteiger partial charge in [0.05, 0.1) is 0 Å². The first-order valence-electron chi connectivity index (χ1n) is 4.91. The third kappa shape index (κ3) is 2.73. The first kappa shape index (κ1) is 10.6. The lowest BCUT2D eigenvalue weighted by atomic mass is 9.93. The Kier molecular flexibility index (Phi) is 3.80. The molecule has 0 aliphatic heterocycles. The Balaban J connectivity index is 2.91. The van der Waals surface area contributed by atoms with Gasteiger partial charge >= 0.3 is 0 Å². The molecule has 0 fully saturated rings. The second kappa shape index (κ2) is 4.66. The van der Waals surface area contributed by atoms with Gasteiger partial charge in [-0.2, -0.15) is 0 Å². The van der Waals surface area contributed by atoms with E-state index in [1.165, 1.54) is 24.0 Å². The zero-order chi connectivity index (χ0) is 9.84. The van der Waals surface area contributed by atoms with E-state index >= 15 is 0 Å². The highest BCUT2D eigenvalue weighted by molar-refractivity contribution is 6.30. The topological polar surface area (TPSA) is 0 Å². The van der Waals surface area contributed by atoms with Crippen LogP contribution in [0.15, 0.2) is 18.2 Å². The van der Waals surface area contributed by atoms with Crippen LogP contribution in [0.3, 0.4) is 0 Å². The van der Waals surface area contributed by atoms with E-state index in [1.54, 1.807) is 0 Å². The Morgan fingerprint density at radius 3 is 2.69 bits per heavy atom. The van der Waals surface area contributed by atoms with Gasteiger partial charge in [-0.3, -0.25) is 0 Å². The highest BCUT2D eigenvalue weighted by atomic mass is 35.5. The van der Waals surface area contributed by atoms with E-state index in [0.717, 1.165) is 5.02 Å². The van der Waals surface area contributed by atoms with Gasteiger partial charge in [0, 0.05) is 5.02 Å². The van der Waals surface area contributed by atoms with E-state index < -0.39 is 0 Å². The molecule has 1 unspecified atom stereocenters. The molecule has 1 atom stereocenters. The minimum absolute atomic E-state index is 0.628. The van der Waals surface area contributed by atoms with Crippen molar-refractivity contribution in [2.24, 2.45) is 0 Å². The van der Waals surface area contributed by atoms with Gasteiger partial charge in [0.15, 0.2) is 0 Å². The van der Waals surface area contributed by atoms with E-state index in [2.05, 4.69) is 32.9 Å². The number of hydrogen-bond acceptors (Lipinski definition) is 0. The molecule has 0 bridgehead atoms. The lowest BCUT2D eigenvalue weighted by Crippen LogP contribution is -1.95. The fourth-order valence-electron chi connectivity index (χ4n) is 1.73. The van der Waals surface area contributed by atoms with Crippen LogP contribution in [0.1, 0.15) is 43.7 Å². The van der Waals surface area contributed by atoms with Crippen molar-refractivity contribution >= 4 is 11.6 Å². The molecule has 72 valence electrons. The molecule has 0 heterocycles. The van der Waals surface area contributed by atoms with Crippen molar-refractivity contribution in [3.8, 4) is 0 Å². The molecule has 0 N–H and O–H groups in total. The Morgan fingerprint density at radius 2 is 2.08 bits per heavy atom. The third-order valence-corrected chi connectivity index (χ3v) is 2.73. The molecule has 13 heavy (non-hydrogen) atoms. The number of rotatable bonds is 3. The van der Waals surface area contributed by atoms with Crippen molar-refractivity contribution < 1.29 is 0 Å². The van der Waals surface area contributed by atoms with Crippen molar-refractivity contribution in [2.75, 3.05) is 0 Å². The zero-order valence-electron chi connectivity index (χ0n) is 8.60. The Bertz CT molecular complexity index is 278.